The Bertz CT molecular complexity index is 7190. The van der Waals surface area contributed by atoms with Crippen LogP contribution in [0.3, 0.4) is 0 Å². The van der Waals surface area contributed by atoms with E-state index >= 15 is 28.8 Å². The highest BCUT2D eigenvalue weighted by Crippen LogP contribution is 2.68. The Morgan fingerprint density at radius 3 is 0.733 bits per heavy atom. The van der Waals surface area contributed by atoms with Crippen LogP contribution in [0.2, 0.25) is 0 Å². The maximum absolute atomic E-state index is 15.7. The Labute approximate surface area is 457 Å². The lowest BCUT2D eigenvalue weighted by molar-refractivity contribution is -0.384. The minimum absolute atomic E-state index is 0.314. The van der Waals surface area contributed by atoms with E-state index in [4.69, 9.17) is 0 Å². The van der Waals surface area contributed by atoms with Crippen LogP contribution >= 0.6 is 0 Å². The second-order valence-electron chi connectivity index (χ2n) is 21.9. The average molecular weight is 1150 g/mol. The van der Waals surface area contributed by atoms with E-state index in [0.29, 0.717) is 0 Å². The first-order valence-electron chi connectivity index (χ1n) is 25.0. The summed E-state index contributed by atoms with van der Waals surface area (Å²) < 4.78 is 0. The quantitative estimate of drug-likeness (QED) is 0.0338. The summed E-state index contributed by atoms with van der Waals surface area (Å²) in [6.07, 6.45) is 0. The van der Waals surface area contributed by atoms with Gasteiger partial charge in [0.2, 0.25) is 27.1 Å². The number of non-ortho nitro benzene ring substituents is 1. The molecule has 0 aliphatic carbocycles. The number of carboxylic acid groups (broad SMARTS) is 6. The van der Waals surface area contributed by atoms with Gasteiger partial charge in [0.25, 0.3) is 5.43 Å². The molecular formula is C60H11NO25. The molecule has 26 heteroatoms. The number of nitro benzene ring substituents is 1. The molecule has 0 saturated heterocycles. The Hall–Kier alpha value is -13.0. The zero-order valence-corrected chi connectivity index (χ0v) is 41.1. The number of hydrogen-bond acceptors (Lipinski definition) is 19. The van der Waals surface area contributed by atoms with Crippen LogP contribution in [0.1, 0.15) is 62.1 Å². The summed E-state index contributed by atoms with van der Waals surface area (Å²) in [5, 5.41) is 119. The minimum atomic E-state index is -2.24. The summed E-state index contributed by atoms with van der Waals surface area (Å²) in [6.45, 7) is 0. The molecule has 0 fully saturated rings. The summed E-state index contributed by atoms with van der Waals surface area (Å²) in [4.78, 5) is 188. The molecule has 0 heterocycles. The van der Waals surface area contributed by atoms with Gasteiger partial charge in [0, 0.05) is 167 Å². The van der Waals surface area contributed by atoms with Crippen molar-refractivity contribution in [3.63, 3.8) is 0 Å². The molecule has 0 spiro atoms. The van der Waals surface area contributed by atoms with Crippen molar-refractivity contribution in [1.29, 1.82) is 0 Å². The van der Waals surface area contributed by atoms with Gasteiger partial charge in [-0.2, -0.15) is 0 Å². The Morgan fingerprint density at radius 1 is 0.221 bits per heavy atom. The van der Waals surface area contributed by atoms with Crippen molar-refractivity contribution in [2.24, 2.45) is 0 Å². The normalized spacial score (nSPS) is 13.3. The molecule has 0 bridgehead atoms. The standard InChI is InChI=1S/C60H11NO25/c62-44-26-13-8-1-2-6-4-3-5(1)11-21-18(8)29(44)42(60(83)84)51(69)37(21)49(67)39-23(11)17-7(3)15-16-10(4)20-24-12(6)22-19-9(2)14(13)27(34(57(77)78)33(26)56(75)76)45(63)30(19)41(59(81)82)50(68)36(22)48(66)38(24)52(70)43(61(85)86)35(20)46(64)31(16)40(58(79)80)47(65)25(15)32(55(73)74)28(17)53(71)54(39)72/h62-65,71H,(H,73,74)(H,75,76)(H,77,78)(H,79,80)(H,81,82)(H,83,84). The SMILES string of the molecule is O=C(O)c1c(C(=O)O)c2c(O)c3c(C(=O)O)c(=O)c4c(=O)c5c(=O)c(O)c6c(C(=O)O)c7c(O)c(C(=O)O)c8c(O)c9c([N+](=O)[O-])c(=O)c%10c(=O)c%11c(=O)c(C(=O)O)c%12c(O)c1c1c2c2c3c4c3c5c6c4c7c8c5c9c%10c6c%11c%12c1c1c2c3c4c5c61. The minimum Gasteiger partial charge on any atom is -0.507 e. The molecule has 86 heavy (non-hydrogen) atoms. The van der Waals surface area contributed by atoms with Gasteiger partial charge in [0.05, 0.1) is 43.2 Å². The predicted octanol–water partition coefficient (Wildman–Crippen LogP) is 6.80. The van der Waals surface area contributed by atoms with Crippen LogP contribution in [0.5, 0.6) is 28.7 Å². The summed E-state index contributed by atoms with van der Waals surface area (Å²) in [5.41, 5.74) is -20.7. The third-order valence-electron chi connectivity index (χ3n) is 19.0. The van der Waals surface area contributed by atoms with E-state index in [1.165, 1.54) is 0 Å². The molecule has 0 atom stereocenters. The lowest BCUT2D eigenvalue weighted by atomic mass is 9.67. The monoisotopic (exact) mass is 1140 g/mol. The van der Waals surface area contributed by atoms with Gasteiger partial charge >= 0.3 is 41.5 Å². The van der Waals surface area contributed by atoms with Gasteiger partial charge in [-0.3, -0.25) is 38.9 Å². The van der Waals surface area contributed by atoms with Crippen molar-refractivity contribution in [2.75, 3.05) is 0 Å². The van der Waals surface area contributed by atoms with Gasteiger partial charge in [0.1, 0.15) is 45.1 Å². The maximum atomic E-state index is 15.7. The summed E-state index contributed by atoms with van der Waals surface area (Å²) in [6, 6.07) is 0. The first-order chi connectivity index (χ1) is 40.8. The number of nitrogens with zero attached hydrogens (tertiary/aromatic N) is 1. The van der Waals surface area contributed by atoms with Crippen LogP contribution in [0.15, 0.2) is 28.8 Å². The molecule has 11 N–H and O–H groups in total. The number of carbonyl (C=O) groups is 6. The molecule has 19 aromatic rings. The fraction of sp³-hybridized carbons (Fsp3) is 0. The molecule has 406 valence electrons. The Morgan fingerprint density at radius 2 is 0.430 bits per heavy atom. The van der Waals surface area contributed by atoms with Crippen LogP contribution < -0.4 is 32.6 Å². The fourth-order valence-electron chi connectivity index (χ4n) is 16.8. The molecule has 0 unspecified atom stereocenters. The number of hydrogen-bond donors (Lipinski definition) is 11. The lowest BCUT2D eigenvalue weighted by Gasteiger charge is -2.33. The lowest BCUT2D eigenvalue weighted by Crippen LogP contribution is -2.26. The van der Waals surface area contributed by atoms with E-state index in [1.807, 2.05) is 0 Å². The summed E-state index contributed by atoms with van der Waals surface area (Å²) >= 11 is 0. The molecule has 0 aromatic heterocycles. The van der Waals surface area contributed by atoms with Crippen molar-refractivity contribution in [1.82, 2.24) is 0 Å². The van der Waals surface area contributed by atoms with Crippen LogP contribution in [-0.4, -0.2) is 96.9 Å². The second kappa shape index (κ2) is 12.6. The zero-order chi connectivity index (χ0) is 60.2. The first kappa shape index (κ1) is 45.7. The van der Waals surface area contributed by atoms with Gasteiger partial charge in [0.15, 0.2) is 5.75 Å². The van der Waals surface area contributed by atoms with Crippen LogP contribution in [0.4, 0.5) is 5.69 Å². The van der Waals surface area contributed by atoms with Gasteiger partial charge in [-0.25, -0.2) is 28.8 Å². The van der Waals surface area contributed by atoms with Crippen LogP contribution in [0, 0.1) is 10.1 Å². The molecular weight excluding hydrogens is 1130 g/mol. The van der Waals surface area contributed by atoms with E-state index < -0.39 is 303 Å². The molecule has 0 amide bonds. The fourth-order valence-corrected chi connectivity index (χ4v) is 16.8. The van der Waals surface area contributed by atoms with Crippen molar-refractivity contribution in [3.05, 3.63) is 105 Å². The molecule has 26 nitrogen and oxygen atoms in total. The third kappa shape index (κ3) is 3.79. The van der Waals surface area contributed by atoms with Gasteiger partial charge in [-0.05, 0) is 0 Å². The third-order valence-corrected chi connectivity index (χ3v) is 19.0. The Kier molecular flexibility index (Phi) is 6.67. The topological polar surface area (TPSA) is 471 Å². The van der Waals surface area contributed by atoms with Crippen molar-refractivity contribution in [3.8, 4) is 28.7 Å². The number of aromatic carboxylic acids is 6. The number of rotatable bonds is 7. The van der Waals surface area contributed by atoms with Crippen molar-refractivity contribution in [2.45, 2.75) is 0 Å². The number of benzene rings is 19. The largest absolute Gasteiger partial charge is 0.507 e. The van der Waals surface area contributed by atoms with Crippen LogP contribution in [0.25, 0.3) is 194 Å². The zero-order valence-electron chi connectivity index (χ0n) is 41.1. The van der Waals surface area contributed by atoms with Gasteiger partial charge < -0.3 is 56.2 Å². The smallest absolute Gasteiger partial charge is 0.340 e. The van der Waals surface area contributed by atoms with E-state index in [9.17, 15) is 95.1 Å². The van der Waals surface area contributed by atoms with Gasteiger partial charge in [-0.15, -0.1) is 0 Å². The van der Waals surface area contributed by atoms with E-state index in [2.05, 4.69) is 0 Å². The molecule has 19 aromatic carbocycles. The summed E-state index contributed by atoms with van der Waals surface area (Å²) in [5.74, 6) is -20.7. The molecule has 0 aliphatic rings. The highest BCUT2D eigenvalue weighted by atomic mass is 16.6. The number of aromatic hydroxyl groups is 5. The average Bonchev–Trinajstić information content (AvgIpc) is 0.621. The number of phenols is 5. The van der Waals surface area contributed by atoms with E-state index in [-0.39, 0.29) is 32.3 Å². The number of nitro groups is 1. The maximum Gasteiger partial charge on any atom is 0.340 e. The molecule has 0 saturated carbocycles. The van der Waals surface area contributed by atoms with E-state index in [1.54, 1.807) is 0 Å². The highest BCUT2D eigenvalue weighted by molar-refractivity contribution is 6.69. The summed E-state index contributed by atoms with van der Waals surface area (Å²) in [7, 11) is 0. The highest BCUT2D eigenvalue weighted by Gasteiger charge is 2.47. The van der Waals surface area contributed by atoms with E-state index in [0.717, 1.165) is 0 Å². The van der Waals surface area contributed by atoms with Gasteiger partial charge in [-0.1, -0.05) is 0 Å². The Balaban J connectivity index is 1.40. The predicted molar refractivity (Wildman–Crippen MR) is 304 cm³/mol. The number of carboxylic acids is 6. The van der Waals surface area contributed by atoms with Crippen molar-refractivity contribution >= 4 is 235 Å². The molecule has 0 radical (unpaired) electrons. The molecule has 19 rings (SSSR count). The number of phenolic OH excluding ortho intramolecular Hbond substituents is 4. The second-order valence-corrected chi connectivity index (χ2v) is 21.9. The van der Waals surface area contributed by atoms with Crippen LogP contribution in [-0.2, 0) is 0 Å². The molecule has 0 aliphatic heterocycles. The van der Waals surface area contributed by atoms with Crippen molar-refractivity contribution < 1.29 is 89.9 Å². The first-order valence-corrected chi connectivity index (χ1v) is 25.0.